The molecule has 0 aromatic heterocycles. The van der Waals surface area contributed by atoms with Crippen LogP contribution in [0, 0.1) is 24.8 Å². The molecule has 0 N–H and O–H groups in total. The van der Waals surface area contributed by atoms with E-state index in [1.807, 2.05) is 55.5 Å². The molecular weight excluding hydrogens is 284 g/mol. The van der Waals surface area contributed by atoms with Crippen LogP contribution in [-0.2, 0) is 0 Å². The molecule has 0 saturated heterocycles. The van der Waals surface area contributed by atoms with Crippen molar-refractivity contribution in [2.75, 3.05) is 7.11 Å². The van der Waals surface area contributed by atoms with E-state index in [-0.39, 0.29) is 0 Å². The first kappa shape index (κ1) is 16.1. The second kappa shape index (κ2) is 7.64. The number of benzene rings is 2. The predicted molar refractivity (Wildman–Crippen MR) is 92.3 cm³/mol. The van der Waals surface area contributed by atoms with Gasteiger partial charge in [-0.2, -0.15) is 5.26 Å². The van der Waals surface area contributed by atoms with E-state index in [0.717, 1.165) is 22.4 Å². The van der Waals surface area contributed by atoms with Crippen molar-refractivity contribution in [3.05, 3.63) is 87.9 Å². The molecule has 0 atom stereocenters. The highest BCUT2D eigenvalue weighted by Gasteiger charge is 2.05. The summed E-state index contributed by atoms with van der Waals surface area (Å²) in [6.07, 6.45) is 3.43. The molecule has 0 heterocycles. The number of ether oxygens (including phenoxy) is 1. The first-order valence-electron chi connectivity index (χ1n) is 7.08. The zero-order valence-electron chi connectivity index (χ0n) is 13.1. The number of aryl methyl sites for hydroxylation is 1. The summed E-state index contributed by atoms with van der Waals surface area (Å²) in [4.78, 5) is 3.50. The van der Waals surface area contributed by atoms with E-state index in [2.05, 4.69) is 10.9 Å². The molecule has 0 aliphatic carbocycles. The Bertz CT molecular complexity index is 814. The van der Waals surface area contributed by atoms with Gasteiger partial charge in [0.05, 0.1) is 25.3 Å². The van der Waals surface area contributed by atoms with E-state index < -0.39 is 0 Å². The average Bonchev–Trinajstić information content (AvgIpc) is 2.60. The maximum atomic E-state index is 9.38. The van der Waals surface area contributed by atoms with E-state index in [0.29, 0.717) is 11.3 Å². The highest BCUT2D eigenvalue weighted by Crippen LogP contribution is 2.20. The molecular formula is C20H16N2O. The highest BCUT2D eigenvalue weighted by molar-refractivity contribution is 5.72. The van der Waals surface area contributed by atoms with E-state index in [1.54, 1.807) is 19.3 Å². The van der Waals surface area contributed by atoms with Crippen LogP contribution in [0.5, 0.6) is 5.75 Å². The summed E-state index contributed by atoms with van der Waals surface area (Å²) in [6.45, 7) is 9.37. The van der Waals surface area contributed by atoms with Crippen LogP contribution in [0.3, 0.4) is 0 Å². The van der Waals surface area contributed by atoms with Crippen molar-refractivity contribution in [2.45, 2.75) is 6.92 Å². The number of nitrogens with zero attached hydrogens (tertiary/aromatic N) is 2. The predicted octanol–water partition coefficient (Wildman–Crippen LogP) is 4.87. The molecule has 3 nitrogen and oxygen atoms in total. The first-order valence-corrected chi connectivity index (χ1v) is 7.08. The summed E-state index contributed by atoms with van der Waals surface area (Å²) in [5.41, 5.74) is 3.57. The summed E-state index contributed by atoms with van der Waals surface area (Å²) < 4.78 is 5.11. The summed E-state index contributed by atoms with van der Waals surface area (Å²) in [5.74, 6) is 0.751. The number of hydrogen-bond donors (Lipinski definition) is 0. The number of nitriles is 1. The summed E-state index contributed by atoms with van der Waals surface area (Å²) in [7, 11) is 1.60. The molecule has 0 saturated carbocycles. The third-order valence-corrected chi connectivity index (χ3v) is 3.32. The Morgan fingerprint density at radius 3 is 2.13 bits per heavy atom. The van der Waals surface area contributed by atoms with Crippen molar-refractivity contribution in [3.8, 4) is 11.8 Å². The van der Waals surface area contributed by atoms with E-state index in [9.17, 15) is 5.26 Å². The Hall–Kier alpha value is -3.30. The fourth-order valence-corrected chi connectivity index (χ4v) is 2.02. The minimum absolute atomic E-state index is 0.326. The average molecular weight is 300 g/mol. The monoisotopic (exact) mass is 300 g/mol. The van der Waals surface area contributed by atoms with Crippen LogP contribution >= 0.6 is 0 Å². The Labute approximate surface area is 136 Å². The SMILES string of the molecule is [C-]#[N+]C(=C\c1ccc(C)cc1)/C(C#N)=C/c1ccc(OC)cc1. The van der Waals surface area contributed by atoms with Crippen LogP contribution in [0.15, 0.2) is 59.8 Å². The third-order valence-electron chi connectivity index (χ3n) is 3.32. The van der Waals surface area contributed by atoms with Gasteiger partial charge in [0.25, 0.3) is 0 Å². The number of methoxy groups -OCH3 is 1. The molecule has 0 unspecified atom stereocenters. The molecule has 0 bridgehead atoms. The van der Waals surface area contributed by atoms with Gasteiger partial charge in [0.15, 0.2) is 0 Å². The van der Waals surface area contributed by atoms with Crippen molar-refractivity contribution < 1.29 is 4.74 Å². The topological polar surface area (TPSA) is 37.4 Å². The zero-order chi connectivity index (χ0) is 16.7. The second-order valence-corrected chi connectivity index (χ2v) is 5.00. The van der Waals surface area contributed by atoms with Gasteiger partial charge in [-0.25, -0.2) is 4.85 Å². The summed E-state index contributed by atoms with van der Waals surface area (Å²) in [6, 6.07) is 17.3. The largest absolute Gasteiger partial charge is 0.497 e. The molecule has 0 aliphatic heterocycles. The van der Waals surface area contributed by atoms with E-state index in [4.69, 9.17) is 11.3 Å². The van der Waals surface area contributed by atoms with Gasteiger partial charge < -0.3 is 4.74 Å². The minimum atomic E-state index is 0.326. The molecule has 2 rings (SSSR count). The molecule has 0 amide bonds. The molecule has 3 heteroatoms. The van der Waals surface area contributed by atoms with Crippen LogP contribution < -0.4 is 4.74 Å². The van der Waals surface area contributed by atoms with E-state index >= 15 is 0 Å². The Kier molecular flexibility index (Phi) is 5.34. The van der Waals surface area contributed by atoms with Crippen LogP contribution in [0.25, 0.3) is 17.0 Å². The first-order chi connectivity index (χ1) is 11.2. The van der Waals surface area contributed by atoms with Gasteiger partial charge in [0.1, 0.15) is 5.75 Å². The Morgan fingerprint density at radius 2 is 1.61 bits per heavy atom. The fourth-order valence-electron chi connectivity index (χ4n) is 2.02. The molecule has 0 radical (unpaired) electrons. The molecule has 2 aromatic carbocycles. The van der Waals surface area contributed by atoms with Crippen LogP contribution in [0.1, 0.15) is 16.7 Å². The van der Waals surface area contributed by atoms with Gasteiger partial charge in [0, 0.05) is 0 Å². The lowest BCUT2D eigenvalue weighted by Gasteiger charge is -2.01. The number of rotatable bonds is 4. The van der Waals surface area contributed by atoms with Gasteiger partial charge in [-0.15, -0.1) is 0 Å². The standard InChI is InChI=1S/C20H16N2O/c1-15-4-6-17(7-5-15)13-20(22-2)18(14-21)12-16-8-10-19(23-3)11-9-16/h4-13H,1,3H3/b18-12+,20-13-. The Balaban J connectivity index is 2.36. The molecule has 0 spiro atoms. The van der Waals surface area contributed by atoms with Gasteiger partial charge in [-0.05, 0) is 42.3 Å². The van der Waals surface area contributed by atoms with Gasteiger partial charge in [-0.1, -0.05) is 42.0 Å². The van der Waals surface area contributed by atoms with Crippen molar-refractivity contribution in [3.63, 3.8) is 0 Å². The maximum Gasteiger partial charge on any atom is 0.205 e. The van der Waals surface area contributed by atoms with Crippen LogP contribution in [-0.4, -0.2) is 7.11 Å². The summed E-state index contributed by atoms with van der Waals surface area (Å²) >= 11 is 0. The van der Waals surface area contributed by atoms with Crippen molar-refractivity contribution in [2.24, 2.45) is 0 Å². The van der Waals surface area contributed by atoms with Crippen LogP contribution in [0.4, 0.5) is 0 Å². The summed E-state index contributed by atoms with van der Waals surface area (Å²) in [5, 5.41) is 9.38. The lowest BCUT2D eigenvalue weighted by molar-refractivity contribution is 0.415. The fraction of sp³-hybridized carbons (Fsp3) is 0.100. The van der Waals surface area contributed by atoms with Gasteiger partial charge in [-0.3, -0.25) is 0 Å². The molecule has 0 aliphatic rings. The molecule has 0 fully saturated rings. The van der Waals surface area contributed by atoms with Gasteiger partial charge >= 0.3 is 0 Å². The van der Waals surface area contributed by atoms with Gasteiger partial charge in [0.2, 0.25) is 5.70 Å². The smallest absolute Gasteiger partial charge is 0.205 e. The van der Waals surface area contributed by atoms with Crippen LogP contribution in [0.2, 0.25) is 0 Å². The van der Waals surface area contributed by atoms with Crippen molar-refractivity contribution in [1.29, 1.82) is 5.26 Å². The normalized spacial score (nSPS) is 11.5. The second-order valence-electron chi connectivity index (χ2n) is 5.00. The van der Waals surface area contributed by atoms with Crippen molar-refractivity contribution in [1.82, 2.24) is 0 Å². The molecule has 112 valence electrons. The maximum absolute atomic E-state index is 9.38. The highest BCUT2D eigenvalue weighted by atomic mass is 16.5. The Morgan fingerprint density at radius 1 is 1.04 bits per heavy atom. The third kappa shape index (κ3) is 4.33. The minimum Gasteiger partial charge on any atom is -0.497 e. The van der Waals surface area contributed by atoms with E-state index in [1.165, 1.54) is 0 Å². The lowest BCUT2D eigenvalue weighted by atomic mass is 10.1. The molecule has 2 aromatic rings. The molecule has 23 heavy (non-hydrogen) atoms. The zero-order valence-corrected chi connectivity index (χ0v) is 13.1. The number of hydrogen-bond acceptors (Lipinski definition) is 2. The lowest BCUT2D eigenvalue weighted by Crippen LogP contribution is -1.85. The quantitative estimate of drug-likeness (QED) is 0.459. The number of allylic oxidation sites excluding steroid dienone is 1. The van der Waals surface area contributed by atoms with Crippen molar-refractivity contribution >= 4 is 12.2 Å².